The highest BCUT2D eigenvalue weighted by Gasteiger charge is 2.33. The van der Waals surface area contributed by atoms with Crippen molar-refractivity contribution in [2.24, 2.45) is 0 Å². The second-order valence-corrected chi connectivity index (χ2v) is 4.38. The van der Waals surface area contributed by atoms with Gasteiger partial charge in [-0.05, 0) is 26.2 Å². The first-order chi connectivity index (χ1) is 6.57. The summed E-state index contributed by atoms with van der Waals surface area (Å²) in [6, 6.07) is -0.0321. The van der Waals surface area contributed by atoms with E-state index in [4.69, 9.17) is 11.6 Å². The summed E-state index contributed by atoms with van der Waals surface area (Å²) < 4.78 is 0. The van der Waals surface area contributed by atoms with E-state index >= 15 is 0 Å². The summed E-state index contributed by atoms with van der Waals surface area (Å²) in [6.45, 7) is 4.35. The van der Waals surface area contributed by atoms with Gasteiger partial charge in [-0.2, -0.15) is 0 Å². The summed E-state index contributed by atoms with van der Waals surface area (Å²) in [5.74, 6) is -0.0300. The Kier molecular flexibility index (Phi) is 4.20. The fraction of sp³-hybridized carbons (Fsp3) is 0.900. The molecule has 3 atom stereocenters. The molecule has 0 aromatic carbocycles. The summed E-state index contributed by atoms with van der Waals surface area (Å²) in [6.07, 6.45) is 2.04. The molecule has 0 unspecified atom stereocenters. The number of carbonyl (C=O) groups is 1. The molecule has 0 aliphatic carbocycles. The second-order valence-electron chi connectivity index (χ2n) is 3.86. The Bertz CT molecular complexity index is 208. The number of hydrogen-bond acceptors (Lipinski definition) is 2. The van der Waals surface area contributed by atoms with Gasteiger partial charge in [-0.25, -0.2) is 0 Å². The van der Waals surface area contributed by atoms with Crippen LogP contribution in [0.4, 0.5) is 0 Å². The average molecular weight is 220 g/mol. The SMILES string of the molecule is CC[C@H](Cl)C(=O)N1CCC[C@H]1[C@H](C)O. The molecule has 0 aromatic heterocycles. The van der Waals surface area contributed by atoms with Gasteiger partial charge in [0.05, 0.1) is 12.1 Å². The van der Waals surface area contributed by atoms with Crippen molar-refractivity contribution in [1.29, 1.82) is 0 Å². The summed E-state index contributed by atoms with van der Waals surface area (Å²) >= 11 is 5.89. The number of aliphatic hydroxyl groups excluding tert-OH is 1. The Morgan fingerprint density at radius 3 is 2.86 bits per heavy atom. The fourth-order valence-electron chi connectivity index (χ4n) is 1.92. The molecule has 1 saturated heterocycles. The zero-order chi connectivity index (χ0) is 10.7. The first-order valence-corrected chi connectivity index (χ1v) is 5.64. The Morgan fingerprint density at radius 2 is 2.36 bits per heavy atom. The van der Waals surface area contributed by atoms with E-state index in [-0.39, 0.29) is 11.9 Å². The van der Waals surface area contributed by atoms with E-state index < -0.39 is 11.5 Å². The van der Waals surface area contributed by atoms with Crippen LogP contribution in [0.5, 0.6) is 0 Å². The standard InChI is InChI=1S/C10H18ClNO2/c1-3-8(11)10(14)12-6-4-5-9(12)7(2)13/h7-9,13H,3-6H2,1-2H3/t7-,8-,9-/m0/s1. The number of alkyl halides is 1. The van der Waals surface area contributed by atoms with Crippen molar-refractivity contribution in [3.8, 4) is 0 Å². The lowest BCUT2D eigenvalue weighted by Gasteiger charge is -2.28. The second kappa shape index (κ2) is 4.99. The number of nitrogens with zero attached hydrogens (tertiary/aromatic N) is 1. The van der Waals surface area contributed by atoms with Crippen molar-refractivity contribution in [3.05, 3.63) is 0 Å². The van der Waals surface area contributed by atoms with Gasteiger partial charge in [0, 0.05) is 6.54 Å². The monoisotopic (exact) mass is 219 g/mol. The molecule has 1 aliphatic rings. The van der Waals surface area contributed by atoms with Crippen molar-refractivity contribution in [3.63, 3.8) is 0 Å². The number of aliphatic hydroxyl groups is 1. The molecule has 1 N–H and O–H groups in total. The lowest BCUT2D eigenvalue weighted by atomic mass is 10.1. The molecule has 0 saturated carbocycles. The average Bonchev–Trinajstić information content (AvgIpc) is 2.63. The van der Waals surface area contributed by atoms with Crippen LogP contribution < -0.4 is 0 Å². The van der Waals surface area contributed by atoms with E-state index in [0.29, 0.717) is 6.42 Å². The van der Waals surface area contributed by atoms with Gasteiger partial charge in [0.1, 0.15) is 5.38 Å². The Balaban J connectivity index is 2.62. The summed E-state index contributed by atoms with van der Waals surface area (Å²) in [7, 11) is 0. The molecule has 0 bridgehead atoms. The molecule has 82 valence electrons. The minimum Gasteiger partial charge on any atom is -0.391 e. The van der Waals surface area contributed by atoms with Crippen LogP contribution >= 0.6 is 11.6 Å². The van der Waals surface area contributed by atoms with E-state index in [1.165, 1.54) is 0 Å². The highest BCUT2D eigenvalue weighted by atomic mass is 35.5. The van der Waals surface area contributed by atoms with E-state index in [2.05, 4.69) is 0 Å². The van der Waals surface area contributed by atoms with E-state index in [1.807, 2.05) is 6.92 Å². The van der Waals surface area contributed by atoms with Gasteiger partial charge in [0.2, 0.25) is 5.91 Å². The number of carbonyl (C=O) groups excluding carboxylic acids is 1. The predicted octanol–water partition coefficient (Wildman–Crippen LogP) is 1.38. The molecule has 4 heteroatoms. The van der Waals surface area contributed by atoms with Gasteiger partial charge in [-0.1, -0.05) is 6.92 Å². The zero-order valence-corrected chi connectivity index (χ0v) is 9.50. The van der Waals surface area contributed by atoms with Crippen LogP contribution in [0, 0.1) is 0 Å². The topological polar surface area (TPSA) is 40.5 Å². The smallest absolute Gasteiger partial charge is 0.240 e. The quantitative estimate of drug-likeness (QED) is 0.729. The maximum absolute atomic E-state index is 11.8. The normalized spacial score (nSPS) is 26.3. The molecule has 3 nitrogen and oxygen atoms in total. The third-order valence-electron chi connectivity index (χ3n) is 2.77. The first-order valence-electron chi connectivity index (χ1n) is 5.20. The van der Waals surface area contributed by atoms with Gasteiger partial charge in [-0.15, -0.1) is 11.6 Å². The molecule has 0 radical (unpaired) electrons. The predicted molar refractivity (Wildman–Crippen MR) is 56.3 cm³/mol. The minimum absolute atomic E-state index is 0.0300. The van der Waals surface area contributed by atoms with Gasteiger partial charge in [-0.3, -0.25) is 4.79 Å². The Hall–Kier alpha value is -0.280. The Morgan fingerprint density at radius 1 is 1.71 bits per heavy atom. The summed E-state index contributed by atoms with van der Waals surface area (Å²) in [5.41, 5.74) is 0. The lowest BCUT2D eigenvalue weighted by molar-refractivity contribution is -0.133. The van der Waals surface area contributed by atoms with Crippen molar-refractivity contribution >= 4 is 17.5 Å². The Labute approximate surface area is 90.0 Å². The highest BCUT2D eigenvalue weighted by molar-refractivity contribution is 6.30. The number of likely N-dealkylation sites (tertiary alicyclic amines) is 1. The van der Waals surface area contributed by atoms with E-state index in [9.17, 15) is 9.90 Å². The van der Waals surface area contributed by atoms with Crippen molar-refractivity contribution in [1.82, 2.24) is 4.90 Å². The van der Waals surface area contributed by atoms with Gasteiger partial charge < -0.3 is 10.0 Å². The molecule has 1 rings (SSSR count). The van der Waals surface area contributed by atoms with Crippen molar-refractivity contribution in [2.75, 3.05) is 6.54 Å². The number of amides is 1. The van der Waals surface area contributed by atoms with Crippen LogP contribution in [0.15, 0.2) is 0 Å². The number of hydrogen-bond donors (Lipinski definition) is 1. The fourth-order valence-corrected chi connectivity index (χ4v) is 2.05. The first kappa shape index (κ1) is 11.8. The molecular weight excluding hydrogens is 202 g/mol. The van der Waals surface area contributed by atoms with Crippen LogP contribution in [0.25, 0.3) is 0 Å². The van der Waals surface area contributed by atoms with E-state index in [1.54, 1.807) is 11.8 Å². The number of rotatable bonds is 3. The van der Waals surface area contributed by atoms with Gasteiger partial charge >= 0.3 is 0 Å². The van der Waals surface area contributed by atoms with Crippen molar-refractivity contribution < 1.29 is 9.90 Å². The zero-order valence-electron chi connectivity index (χ0n) is 8.74. The molecule has 1 fully saturated rings. The summed E-state index contributed by atoms with van der Waals surface area (Å²) in [5, 5.41) is 9.05. The molecule has 14 heavy (non-hydrogen) atoms. The maximum Gasteiger partial charge on any atom is 0.240 e. The minimum atomic E-state index is -0.456. The van der Waals surface area contributed by atoms with Crippen LogP contribution in [0.1, 0.15) is 33.1 Å². The number of halogens is 1. The van der Waals surface area contributed by atoms with Crippen LogP contribution in [-0.2, 0) is 4.79 Å². The van der Waals surface area contributed by atoms with Gasteiger partial charge in [0.15, 0.2) is 0 Å². The van der Waals surface area contributed by atoms with Gasteiger partial charge in [0.25, 0.3) is 0 Å². The molecule has 0 spiro atoms. The van der Waals surface area contributed by atoms with Crippen LogP contribution in [0.2, 0.25) is 0 Å². The third-order valence-corrected chi connectivity index (χ3v) is 3.26. The lowest BCUT2D eigenvalue weighted by Crippen LogP contribution is -2.44. The van der Waals surface area contributed by atoms with Crippen LogP contribution in [0.3, 0.4) is 0 Å². The maximum atomic E-state index is 11.8. The largest absolute Gasteiger partial charge is 0.391 e. The van der Waals surface area contributed by atoms with Crippen molar-refractivity contribution in [2.45, 2.75) is 50.6 Å². The van der Waals surface area contributed by atoms with Crippen LogP contribution in [-0.4, -0.2) is 40.0 Å². The molecule has 0 aromatic rings. The molecule has 1 heterocycles. The highest BCUT2D eigenvalue weighted by Crippen LogP contribution is 2.22. The molecule has 1 amide bonds. The summed E-state index contributed by atoms with van der Waals surface area (Å²) in [4.78, 5) is 13.5. The molecule has 1 aliphatic heterocycles. The third kappa shape index (κ3) is 2.39. The van der Waals surface area contributed by atoms with E-state index in [0.717, 1.165) is 19.4 Å². The molecular formula is C10H18ClNO2.